The van der Waals surface area contributed by atoms with Gasteiger partial charge in [-0.25, -0.2) is 8.78 Å². The first-order chi connectivity index (χ1) is 10.1. The van der Waals surface area contributed by atoms with Crippen molar-refractivity contribution in [1.29, 1.82) is 0 Å². The van der Waals surface area contributed by atoms with Crippen LogP contribution >= 0.6 is 11.8 Å². The molecule has 0 bridgehead atoms. The minimum Gasteiger partial charge on any atom is -0.384 e. The molecule has 116 valence electrons. The number of hydrogen-bond donors (Lipinski definition) is 0. The molecule has 21 heavy (non-hydrogen) atoms. The van der Waals surface area contributed by atoms with Crippen molar-refractivity contribution in [3.63, 3.8) is 0 Å². The van der Waals surface area contributed by atoms with Gasteiger partial charge in [-0.2, -0.15) is 0 Å². The first-order valence-corrected chi connectivity index (χ1v) is 8.27. The summed E-state index contributed by atoms with van der Waals surface area (Å²) in [5.74, 6) is 0.952. The highest BCUT2D eigenvalue weighted by atomic mass is 32.2. The Morgan fingerprint density at radius 1 is 1.24 bits per heavy atom. The van der Waals surface area contributed by atoms with Crippen molar-refractivity contribution in [3.05, 3.63) is 35.9 Å². The molecule has 0 heterocycles. The highest BCUT2D eigenvalue weighted by Crippen LogP contribution is 2.33. The highest BCUT2D eigenvalue weighted by Gasteiger charge is 2.33. The molecule has 1 saturated carbocycles. The summed E-state index contributed by atoms with van der Waals surface area (Å²) < 4.78 is 31.4. The Bertz CT molecular complexity index is 462. The van der Waals surface area contributed by atoms with Crippen LogP contribution in [0.3, 0.4) is 0 Å². The standard InChI is InChI=1S/C17H22F2OS/c1-12(9-13-10-16(18)17(19)11-13)14-3-5-15(6-4-14)21-8-7-20-2/h3-6,9,13,16-17H,7-8,10-11H2,1-2H3/b12-9-/t13?,16-,17+. The second-order valence-corrected chi connectivity index (χ2v) is 6.65. The number of rotatable bonds is 6. The minimum absolute atomic E-state index is 0.0192. The van der Waals surface area contributed by atoms with Crippen LogP contribution in [0.5, 0.6) is 0 Å². The fourth-order valence-corrected chi connectivity index (χ4v) is 3.43. The van der Waals surface area contributed by atoms with Crippen LogP contribution in [0.4, 0.5) is 8.78 Å². The third kappa shape index (κ3) is 4.82. The molecular formula is C17H22F2OS. The highest BCUT2D eigenvalue weighted by molar-refractivity contribution is 7.99. The minimum atomic E-state index is -1.29. The third-order valence-corrected chi connectivity index (χ3v) is 4.78. The number of ether oxygens (including phenoxy) is 1. The summed E-state index contributed by atoms with van der Waals surface area (Å²) in [5, 5.41) is 0. The average Bonchev–Trinajstić information content (AvgIpc) is 2.78. The SMILES string of the molecule is COCCSc1ccc(/C(C)=C\C2C[C@@H](F)[C@@H](F)C2)cc1. The van der Waals surface area contributed by atoms with E-state index in [2.05, 4.69) is 24.3 Å². The second-order valence-electron chi connectivity index (χ2n) is 5.48. The van der Waals surface area contributed by atoms with Crippen LogP contribution in [0.1, 0.15) is 25.3 Å². The van der Waals surface area contributed by atoms with Gasteiger partial charge < -0.3 is 4.74 Å². The smallest absolute Gasteiger partial charge is 0.132 e. The molecule has 1 aromatic rings. The number of thioether (sulfide) groups is 1. The molecule has 3 atom stereocenters. The van der Waals surface area contributed by atoms with Gasteiger partial charge in [-0.3, -0.25) is 0 Å². The monoisotopic (exact) mass is 312 g/mol. The summed E-state index contributed by atoms with van der Waals surface area (Å²) in [6.07, 6.45) is 0.0452. The van der Waals surface area contributed by atoms with E-state index >= 15 is 0 Å². The van der Waals surface area contributed by atoms with Crippen LogP contribution in [0, 0.1) is 5.92 Å². The van der Waals surface area contributed by atoms with Gasteiger partial charge in [0.05, 0.1) is 6.61 Å². The summed E-state index contributed by atoms with van der Waals surface area (Å²) in [6.45, 7) is 2.74. The van der Waals surface area contributed by atoms with Crippen molar-refractivity contribution in [2.24, 2.45) is 5.92 Å². The van der Waals surface area contributed by atoms with E-state index in [1.54, 1.807) is 18.9 Å². The van der Waals surface area contributed by atoms with E-state index in [4.69, 9.17) is 4.74 Å². The number of alkyl halides is 2. The van der Waals surface area contributed by atoms with Crippen LogP contribution in [0.25, 0.3) is 5.57 Å². The number of halogens is 2. The van der Waals surface area contributed by atoms with Crippen LogP contribution < -0.4 is 0 Å². The van der Waals surface area contributed by atoms with Crippen molar-refractivity contribution in [2.75, 3.05) is 19.5 Å². The molecule has 0 aliphatic heterocycles. The molecule has 0 saturated heterocycles. The molecule has 0 N–H and O–H groups in total. The van der Waals surface area contributed by atoms with Crippen molar-refractivity contribution >= 4 is 17.3 Å². The maximum atomic E-state index is 13.2. The van der Waals surface area contributed by atoms with Gasteiger partial charge in [0.2, 0.25) is 0 Å². The Kier molecular flexibility index (Phi) is 6.24. The van der Waals surface area contributed by atoms with Crippen molar-refractivity contribution in [2.45, 2.75) is 37.0 Å². The average molecular weight is 312 g/mol. The van der Waals surface area contributed by atoms with Crippen LogP contribution in [0.2, 0.25) is 0 Å². The van der Waals surface area contributed by atoms with E-state index < -0.39 is 12.3 Å². The van der Waals surface area contributed by atoms with E-state index in [0.29, 0.717) is 12.8 Å². The molecule has 1 aromatic carbocycles. The summed E-state index contributed by atoms with van der Waals surface area (Å²) in [4.78, 5) is 1.21. The zero-order chi connectivity index (χ0) is 15.2. The molecule has 1 unspecified atom stereocenters. The Hall–Kier alpha value is -0.870. The third-order valence-electron chi connectivity index (χ3n) is 3.80. The maximum Gasteiger partial charge on any atom is 0.132 e. The lowest BCUT2D eigenvalue weighted by molar-refractivity contribution is 0.199. The largest absolute Gasteiger partial charge is 0.384 e. The molecule has 1 nitrogen and oxygen atoms in total. The fourth-order valence-electron chi connectivity index (χ4n) is 2.61. The first kappa shape index (κ1) is 16.5. The van der Waals surface area contributed by atoms with E-state index in [-0.39, 0.29) is 5.92 Å². The lowest BCUT2D eigenvalue weighted by Gasteiger charge is -2.07. The van der Waals surface area contributed by atoms with Gasteiger partial charge in [0.15, 0.2) is 0 Å². The maximum absolute atomic E-state index is 13.2. The quantitative estimate of drug-likeness (QED) is 0.545. The molecule has 1 fully saturated rings. The van der Waals surface area contributed by atoms with Crippen LogP contribution in [0.15, 0.2) is 35.2 Å². The summed E-state index contributed by atoms with van der Waals surface area (Å²) in [7, 11) is 1.70. The zero-order valence-corrected chi connectivity index (χ0v) is 13.3. The van der Waals surface area contributed by atoms with Crippen LogP contribution in [-0.4, -0.2) is 31.8 Å². The van der Waals surface area contributed by atoms with E-state index in [9.17, 15) is 8.78 Å². The van der Waals surface area contributed by atoms with Gasteiger partial charge in [0.1, 0.15) is 12.3 Å². The van der Waals surface area contributed by atoms with E-state index in [0.717, 1.165) is 23.5 Å². The Labute approximate surface area is 129 Å². The second kappa shape index (κ2) is 7.95. The predicted octanol–water partition coefficient (Wildman–Crippen LogP) is 4.91. The Morgan fingerprint density at radius 3 is 2.43 bits per heavy atom. The molecule has 0 amide bonds. The Morgan fingerprint density at radius 2 is 1.86 bits per heavy atom. The predicted molar refractivity (Wildman–Crippen MR) is 85.2 cm³/mol. The lowest BCUT2D eigenvalue weighted by Crippen LogP contribution is -2.06. The summed E-state index contributed by atoms with van der Waals surface area (Å²) >= 11 is 1.76. The summed E-state index contributed by atoms with van der Waals surface area (Å²) in [5.41, 5.74) is 2.21. The molecule has 0 aromatic heterocycles. The van der Waals surface area contributed by atoms with Crippen molar-refractivity contribution in [3.8, 4) is 0 Å². The molecule has 0 radical (unpaired) electrons. The fraction of sp³-hybridized carbons (Fsp3) is 0.529. The first-order valence-electron chi connectivity index (χ1n) is 7.29. The molecule has 4 heteroatoms. The number of methoxy groups -OCH3 is 1. The van der Waals surface area contributed by atoms with Gasteiger partial charge in [0, 0.05) is 17.8 Å². The molecule has 1 aliphatic carbocycles. The van der Waals surface area contributed by atoms with Gasteiger partial charge in [-0.15, -0.1) is 11.8 Å². The summed E-state index contributed by atoms with van der Waals surface area (Å²) in [6, 6.07) is 8.29. The van der Waals surface area contributed by atoms with Gasteiger partial charge in [-0.1, -0.05) is 18.2 Å². The van der Waals surface area contributed by atoms with Crippen molar-refractivity contribution in [1.82, 2.24) is 0 Å². The van der Waals surface area contributed by atoms with Gasteiger partial charge >= 0.3 is 0 Å². The Balaban J connectivity index is 1.94. The normalized spacial score (nSPS) is 26.3. The number of hydrogen-bond acceptors (Lipinski definition) is 2. The van der Waals surface area contributed by atoms with Crippen molar-refractivity contribution < 1.29 is 13.5 Å². The van der Waals surface area contributed by atoms with Crippen LogP contribution in [-0.2, 0) is 4.74 Å². The zero-order valence-electron chi connectivity index (χ0n) is 12.5. The topological polar surface area (TPSA) is 9.23 Å². The molecule has 0 spiro atoms. The molecular weight excluding hydrogens is 290 g/mol. The van der Waals surface area contributed by atoms with Gasteiger partial charge in [-0.05, 0) is 49.0 Å². The van der Waals surface area contributed by atoms with E-state index in [1.165, 1.54) is 4.90 Å². The van der Waals surface area contributed by atoms with Gasteiger partial charge in [0.25, 0.3) is 0 Å². The number of allylic oxidation sites excluding steroid dienone is 2. The molecule has 1 aliphatic rings. The molecule has 2 rings (SSSR count). The van der Waals surface area contributed by atoms with E-state index in [1.807, 2.05) is 13.0 Å². The number of benzene rings is 1. The lowest BCUT2D eigenvalue weighted by atomic mass is 10.00.